The number of hydrogen-bond donors (Lipinski definition) is 2. The van der Waals surface area contributed by atoms with Crippen LogP contribution in [0.15, 0.2) is 66.7 Å². The van der Waals surface area contributed by atoms with Gasteiger partial charge in [0.25, 0.3) is 5.91 Å². The molecule has 0 heterocycles. The van der Waals surface area contributed by atoms with Crippen molar-refractivity contribution in [3.8, 4) is 16.9 Å². The Morgan fingerprint density at radius 2 is 1.64 bits per heavy atom. The van der Waals surface area contributed by atoms with E-state index in [1.807, 2.05) is 73.8 Å². The Balaban J connectivity index is 0.00000456. The summed E-state index contributed by atoms with van der Waals surface area (Å²) >= 11 is 1.55. The van der Waals surface area contributed by atoms with E-state index >= 15 is 0 Å². The quantitative estimate of drug-likeness (QED) is 0.351. The molecule has 3 rings (SSSR count). The van der Waals surface area contributed by atoms with Gasteiger partial charge in [-0.15, -0.1) is 0 Å². The number of aliphatic carboxylic acids is 1. The fourth-order valence-electron chi connectivity index (χ4n) is 3.71. The molecule has 1 amide bonds. The van der Waals surface area contributed by atoms with Crippen LogP contribution in [0.1, 0.15) is 33.5 Å². The van der Waals surface area contributed by atoms with Gasteiger partial charge in [0.15, 0.2) is 0 Å². The molecule has 0 fully saturated rings. The molecule has 2 N–H and O–H groups in total. The molecule has 0 saturated carbocycles. The van der Waals surface area contributed by atoms with Gasteiger partial charge in [-0.05, 0) is 77.4 Å². The summed E-state index contributed by atoms with van der Waals surface area (Å²) in [5.74, 6) is 0.00625. The molecule has 186 valence electrons. The topological polar surface area (TPSA) is 84.9 Å². The molecule has 0 saturated heterocycles. The first-order valence-corrected chi connectivity index (χ1v) is 12.7. The Labute approximate surface area is 229 Å². The van der Waals surface area contributed by atoms with E-state index in [-0.39, 0.29) is 18.9 Å². The molecule has 36 heavy (non-hydrogen) atoms. The van der Waals surface area contributed by atoms with E-state index < -0.39 is 17.9 Å². The predicted octanol–water partition coefficient (Wildman–Crippen LogP) is 4.68. The summed E-state index contributed by atoms with van der Waals surface area (Å²) in [5.41, 5.74) is 5.09. The molecule has 3 aromatic carbocycles. The van der Waals surface area contributed by atoms with Crippen molar-refractivity contribution in [1.82, 2.24) is 5.32 Å². The second-order valence-electron chi connectivity index (χ2n) is 8.18. The average molecular weight is 502 g/mol. The average Bonchev–Trinajstić information content (AvgIpc) is 2.87. The first kappa shape index (κ1) is 29.5. The van der Waals surface area contributed by atoms with Gasteiger partial charge in [-0.2, -0.15) is 11.8 Å². The summed E-state index contributed by atoms with van der Waals surface area (Å²) in [7, 11) is 1.63. The number of aryl methyl sites for hydroxylation is 1. The molecule has 0 bridgehead atoms. The van der Waals surface area contributed by atoms with Crippen LogP contribution in [0.2, 0.25) is 0 Å². The molecular weight excluding hydrogens is 469 g/mol. The number of carboxylic acids is 1. The number of rotatable bonds is 12. The summed E-state index contributed by atoms with van der Waals surface area (Å²) in [4.78, 5) is 24.8. The number of carbonyl (C=O) groups excluding carboxylic acids is 1. The second kappa shape index (κ2) is 14.8. The van der Waals surface area contributed by atoms with E-state index in [4.69, 9.17) is 9.47 Å². The number of thioether (sulfide) groups is 1. The summed E-state index contributed by atoms with van der Waals surface area (Å²) in [6.45, 7) is 2.81. The number of methoxy groups -OCH3 is 1. The van der Waals surface area contributed by atoms with Crippen LogP contribution >= 0.6 is 11.8 Å². The van der Waals surface area contributed by atoms with Crippen LogP contribution in [0.4, 0.5) is 0 Å². The van der Waals surface area contributed by atoms with Crippen LogP contribution in [-0.4, -0.2) is 61.0 Å². The Morgan fingerprint density at radius 1 is 0.972 bits per heavy atom. The van der Waals surface area contributed by atoms with E-state index in [0.29, 0.717) is 31.0 Å². The van der Waals surface area contributed by atoms with Crippen LogP contribution in [0.25, 0.3) is 11.1 Å². The number of benzene rings is 3. The van der Waals surface area contributed by atoms with Gasteiger partial charge in [-0.3, -0.25) is 4.79 Å². The predicted molar refractivity (Wildman–Crippen MR) is 147 cm³/mol. The Kier molecular flexibility index (Phi) is 12.1. The Hall–Kier alpha value is -2.69. The third-order valence-electron chi connectivity index (χ3n) is 5.67. The van der Waals surface area contributed by atoms with Gasteiger partial charge in [0, 0.05) is 5.56 Å². The minimum atomic E-state index is -1.03. The standard InChI is InChI=1S/C28H31NO5S.Li.H/c1-19-6-4-5-7-23(19)25-16-21(18-34-17-20-8-11-22(33-2)12-9-20)10-13-24(25)27(30)29-26(28(31)32)14-15-35-3;;/h4-13,16,26H,14-15,17-18H2,1-3H3,(H,29,30)(H,31,32);;. The Morgan fingerprint density at radius 3 is 2.28 bits per heavy atom. The summed E-state index contributed by atoms with van der Waals surface area (Å²) in [6, 6.07) is 20.1. The van der Waals surface area contributed by atoms with Crippen molar-refractivity contribution in [3.63, 3.8) is 0 Å². The fraction of sp³-hybridized carbons (Fsp3) is 0.286. The summed E-state index contributed by atoms with van der Waals surface area (Å²) in [6.07, 6.45) is 2.27. The van der Waals surface area contributed by atoms with E-state index in [1.54, 1.807) is 24.9 Å². The van der Waals surface area contributed by atoms with Crippen molar-refractivity contribution in [2.24, 2.45) is 0 Å². The molecule has 1 unspecified atom stereocenters. The van der Waals surface area contributed by atoms with Gasteiger partial charge in [0.1, 0.15) is 11.8 Å². The SMILES string of the molecule is COc1ccc(COCc2ccc(C(=O)NC(CCSC)C(=O)O)c(-c3ccccc3C)c2)cc1.[LiH]. The number of nitrogens with one attached hydrogen (secondary N) is 1. The molecular formula is C28H32LiNO5S. The number of carboxylic acid groups (broad SMARTS) is 1. The number of amides is 1. The maximum absolute atomic E-state index is 13.2. The van der Waals surface area contributed by atoms with Crippen LogP contribution in [-0.2, 0) is 22.7 Å². The zero-order valence-electron chi connectivity index (χ0n) is 20.2. The monoisotopic (exact) mass is 501 g/mol. The van der Waals surface area contributed by atoms with Gasteiger partial charge >= 0.3 is 24.8 Å². The molecule has 6 nitrogen and oxygen atoms in total. The molecule has 1 atom stereocenters. The molecule has 0 aliphatic carbocycles. The maximum atomic E-state index is 13.2. The summed E-state index contributed by atoms with van der Waals surface area (Å²) < 4.78 is 11.1. The van der Waals surface area contributed by atoms with Crippen LogP contribution < -0.4 is 10.1 Å². The number of hydrogen-bond acceptors (Lipinski definition) is 5. The Bertz CT molecular complexity index is 1150. The normalized spacial score (nSPS) is 11.3. The van der Waals surface area contributed by atoms with E-state index in [9.17, 15) is 14.7 Å². The van der Waals surface area contributed by atoms with Crippen molar-refractivity contribution >= 4 is 42.5 Å². The fourth-order valence-corrected chi connectivity index (χ4v) is 4.19. The van der Waals surface area contributed by atoms with Crippen molar-refractivity contribution < 1.29 is 24.2 Å². The van der Waals surface area contributed by atoms with E-state index in [2.05, 4.69) is 5.32 Å². The number of carbonyl (C=O) groups is 2. The van der Waals surface area contributed by atoms with Crippen molar-refractivity contribution in [3.05, 3.63) is 89.0 Å². The van der Waals surface area contributed by atoms with E-state index in [0.717, 1.165) is 33.6 Å². The van der Waals surface area contributed by atoms with E-state index in [1.165, 1.54) is 0 Å². The van der Waals surface area contributed by atoms with Gasteiger partial charge in [0.05, 0.1) is 20.3 Å². The van der Waals surface area contributed by atoms with Gasteiger partial charge in [0.2, 0.25) is 0 Å². The molecule has 0 spiro atoms. The van der Waals surface area contributed by atoms with Crippen LogP contribution in [0, 0.1) is 6.92 Å². The molecule has 8 heteroatoms. The zero-order chi connectivity index (χ0) is 25.2. The van der Waals surface area contributed by atoms with Crippen molar-refractivity contribution in [2.45, 2.75) is 32.6 Å². The summed E-state index contributed by atoms with van der Waals surface area (Å²) in [5, 5.41) is 12.2. The van der Waals surface area contributed by atoms with Crippen LogP contribution in [0.3, 0.4) is 0 Å². The molecule has 0 aromatic heterocycles. The van der Waals surface area contributed by atoms with Gasteiger partial charge in [-0.25, -0.2) is 4.79 Å². The first-order valence-electron chi connectivity index (χ1n) is 11.3. The molecule has 0 aliphatic heterocycles. The first-order chi connectivity index (χ1) is 16.9. The van der Waals surface area contributed by atoms with Gasteiger partial charge in [-0.1, -0.05) is 42.5 Å². The molecule has 3 aromatic rings. The third kappa shape index (κ3) is 8.18. The van der Waals surface area contributed by atoms with Crippen molar-refractivity contribution in [2.75, 3.05) is 19.1 Å². The van der Waals surface area contributed by atoms with Crippen molar-refractivity contribution in [1.29, 1.82) is 0 Å². The molecule has 0 radical (unpaired) electrons. The second-order valence-corrected chi connectivity index (χ2v) is 9.17. The van der Waals surface area contributed by atoms with Crippen LogP contribution in [0.5, 0.6) is 5.75 Å². The third-order valence-corrected chi connectivity index (χ3v) is 6.32. The zero-order valence-corrected chi connectivity index (χ0v) is 21.1. The molecule has 0 aliphatic rings. The van der Waals surface area contributed by atoms with Gasteiger partial charge < -0.3 is 19.9 Å². The minimum absolute atomic E-state index is 0. The number of ether oxygens (including phenoxy) is 2.